The molecule has 1 fully saturated rings. The molecule has 1 aliphatic rings. The predicted octanol–water partition coefficient (Wildman–Crippen LogP) is -0.276. The second kappa shape index (κ2) is 4.85. The van der Waals surface area contributed by atoms with Crippen LogP contribution in [-0.4, -0.2) is 37.4 Å². The third-order valence-electron chi connectivity index (χ3n) is 1.96. The first-order chi connectivity index (χ1) is 6.66. The Morgan fingerprint density at radius 1 is 1.57 bits per heavy atom. The van der Waals surface area contributed by atoms with Crippen LogP contribution < -0.4 is 0 Å². The molecule has 0 N–H and O–H groups in total. The highest BCUT2D eigenvalue weighted by Gasteiger charge is 2.34. The molecular weight excluding hydrogens is 188 g/mol. The van der Waals surface area contributed by atoms with Crippen LogP contribution in [0, 0.1) is 5.92 Å². The van der Waals surface area contributed by atoms with Crippen molar-refractivity contribution >= 4 is 17.5 Å². The fraction of sp³-hybridized carbons (Fsp3) is 0.667. The summed E-state index contributed by atoms with van der Waals surface area (Å²) in [6.07, 6.45) is 0.190. The van der Waals surface area contributed by atoms with Crippen molar-refractivity contribution < 1.29 is 23.9 Å². The first-order valence-corrected chi connectivity index (χ1v) is 4.48. The van der Waals surface area contributed by atoms with Crippen LogP contribution in [0.25, 0.3) is 0 Å². The van der Waals surface area contributed by atoms with Gasteiger partial charge in [0.15, 0.2) is 0 Å². The number of rotatable bonds is 3. The van der Waals surface area contributed by atoms with Crippen LogP contribution in [-0.2, 0) is 23.9 Å². The first kappa shape index (κ1) is 10.8. The van der Waals surface area contributed by atoms with E-state index in [9.17, 15) is 14.4 Å². The highest BCUT2D eigenvalue weighted by molar-refractivity contribution is 6.38. The van der Waals surface area contributed by atoms with Crippen LogP contribution in [0.3, 0.4) is 0 Å². The maximum Gasteiger partial charge on any atom is 0.375 e. The molecule has 1 saturated heterocycles. The van der Waals surface area contributed by atoms with E-state index in [2.05, 4.69) is 4.74 Å². The van der Waals surface area contributed by atoms with E-state index < -0.39 is 17.7 Å². The van der Waals surface area contributed by atoms with Crippen molar-refractivity contribution in [2.24, 2.45) is 5.92 Å². The molecule has 1 rings (SSSR count). The monoisotopic (exact) mass is 200 g/mol. The summed E-state index contributed by atoms with van der Waals surface area (Å²) < 4.78 is 9.46. The fourth-order valence-electron chi connectivity index (χ4n) is 1.21. The third kappa shape index (κ3) is 2.38. The molecule has 5 nitrogen and oxygen atoms in total. The zero-order valence-electron chi connectivity index (χ0n) is 7.95. The van der Waals surface area contributed by atoms with Crippen LogP contribution in [0.5, 0.6) is 0 Å². The first-order valence-electron chi connectivity index (χ1n) is 4.48. The highest BCUT2D eigenvalue weighted by Crippen LogP contribution is 2.11. The number of carbonyl (C=O) groups is 3. The molecular formula is C9H12O5. The van der Waals surface area contributed by atoms with Gasteiger partial charge in [0.1, 0.15) is 11.7 Å². The number of hydrogen-bond donors (Lipinski definition) is 0. The smallest absolute Gasteiger partial charge is 0.375 e. The van der Waals surface area contributed by atoms with Gasteiger partial charge in [0, 0.05) is 6.42 Å². The fourth-order valence-corrected chi connectivity index (χ4v) is 1.21. The number of ether oxygens (including phenoxy) is 2. The van der Waals surface area contributed by atoms with E-state index in [-0.39, 0.29) is 25.4 Å². The maximum atomic E-state index is 11.3. The molecule has 0 saturated carbocycles. The van der Waals surface area contributed by atoms with E-state index in [1.807, 2.05) is 0 Å². The molecule has 0 spiro atoms. The van der Waals surface area contributed by atoms with Gasteiger partial charge in [-0.15, -0.1) is 0 Å². The Morgan fingerprint density at radius 3 is 2.86 bits per heavy atom. The Balaban J connectivity index is 2.58. The molecule has 1 heterocycles. The van der Waals surface area contributed by atoms with Crippen LogP contribution in [0.15, 0.2) is 0 Å². The molecule has 0 amide bonds. The lowest BCUT2D eigenvalue weighted by atomic mass is 9.96. The molecule has 0 aromatic heterocycles. The number of Topliss-reactive ketones (excluding diaryl/α,β-unsaturated/α-hetero) is 2. The summed E-state index contributed by atoms with van der Waals surface area (Å²) in [5.74, 6) is -2.94. The standard InChI is InChI=1S/C9H12O5/c1-2-14-9(12)8(11)6-5-13-4-3-7(6)10/h6H,2-5H2,1H3/t6-/m0/s1. The largest absolute Gasteiger partial charge is 0.460 e. The van der Waals surface area contributed by atoms with Gasteiger partial charge >= 0.3 is 5.97 Å². The predicted molar refractivity (Wildman–Crippen MR) is 45.6 cm³/mol. The zero-order chi connectivity index (χ0) is 10.6. The average molecular weight is 200 g/mol. The lowest BCUT2D eigenvalue weighted by molar-refractivity contribution is -0.159. The lowest BCUT2D eigenvalue weighted by Crippen LogP contribution is -2.38. The molecule has 0 bridgehead atoms. The average Bonchev–Trinajstić information content (AvgIpc) is 2.18. The summed E-state index contributed by atoms with van der Waals surface area (Å²) in [7, 11) is 0. The normalized spacial score (nSPS) is 21.8. The van der Waals surface area contributed by atoms with Gasteiger partial charge in [-0.1, -0.05) is 0 Å². The number of ketones is 2. The summed E-state index contributed by atoms with van der Waals surface area (Å²) >= 11 is 0. The quantitative estimate of drug-likeness (QED) is 0.356. The SMILES string of the molecule is CCOC(=O)C(=O)[C@H]1COCCC1=O. The molecule has 0 aliphatic carbocycles. The summed E-state index contributed by atoms with van der Waals surface area (Å²) in [4.78, 5) is 33.6. The second-order valence-corrected chi connectivity index (χ2v) is 2.93. The minimum Gasteiger partial charge on any atom is -0.460 e. The molecule has 1 atom stereocenters. The minimum absolute atomic E-state index is 0.00349. The Kier molecular flexibility index (Phi) is 3.76. The summed E-state index contributed by atoms with van der Waals surface area (Å²) in [5.41, 5.74) is 0. The molecule has 78 valence electrons. The van der Waals surface area contributed by atoms with Crippen LogP contribution in [0.2, 0.25) is 0 Å². The van der Waals surface area contributed by atoms with Crippen molar-refractivity contribution in [2.75, 3.05) is 19.8 Å². The molecule has 0 unspecified atom stereocenters. The van der Waals surface area contributed by atoms with Crippen molar-refractivity contribution in [2.45, 2.75) is 13.3 Å². The molecule has 0 aromatic carbocycles. The third-order valence-corrected chi connectivity index (χ3v) is 1.96. The molecule has 0 aromatic rings. The number of hydrogen-bond acceptors (Lipinski definition) is 5. The summed E-state index contributed by atoms with van der Waals surface area (Å²) in [6, 6.07) is 0. The van der Waals surface area contributed by atoms with Crippen molar-refractivity contribution in [3.05, 3.63) is 0 Å². The number of carbonyl (C=O) groups excluding carboxylic acids is 3. The second-order valence-electron chi connectivity index (χ2n) is 2.93. The van der Waals surface area contributed by atoms with Gasteiger partial charge < -0.3 is 9.47 Å². The van der Waals surface area contributed by atoms with Crippen molar-refractivity contribution in [3.8, 4) is 0 Å². The number of esters is 1. The van der Waals surface area contributed by atoms with Crippen LogP contribution in [0.4, 0.5) is 0 Å². The van der Waals surface area contributed by atoms with Gasteiger partial charge in [-0.2, -0.15) is 0 Å². The van der Waals surface area contributed by atoms with Crippen LogP contribution >= 0.6 is 0 Å². The molecule has 0 radical (unpaired) electrons. The van der Waals surface area contributed by atoms with Gasteiger partial charge in [-0.05, 0) is 6.92 Å². The Morgan fingerprint density at radius 2 is 2.29 bits per heavy atom. The summed E-state index contributed by atoms with van der Waals surface area (Å²) in [6.45, 7) is 2.05. The van der Waals surface area contributed by atoms with Crippen molar-refractivity contribution in [1.82, 2.24) is 0 Å². The maximum absolute atomic E-state index is 11.3. The van der Waals surface area contributed by atoms with Gasteiger partial charge in [0.05, 0.1) is 19.8 Å². The zero-order valence-corrected chi connectivity index (χ0v) is 7.95. The Labute approximate surface area is 81.4 Å². The lowest BCUT2D eigenvalue weighted by Gasteiger charge is -2.18. The molecule has 1 aliphatic heterocycles. The van der Waals surface area contributed by atoms with E-state index in [1.54, 1.807) is 6.92 Å². The van der Waals surface area contributed by atoms with Crippen molar-refractivity contribution in [3.63, 3.8) is 0 Å². The highest BCUT2D eigenvalue weighted by atomic mass is 16.5. The molecule has 14 heavy (non-hydrogen) atoms. The van der Waals surface area contributed by atoms with E-state index in [0.29, 0.717) is 6.61 Å². The van der Waals surface area contributed by atoms with E-state index in [1.165, 1.54) is 0 Å². The van der Waals surface area contributed by atoms with Crippen molar-refractivity contribution in [1.29, 1.82) is 0 Å². The topological polar surface area (TPSA) is 69.7 Å². The van der Waals surface area contributed by atoms with Crippen LogP contribution in [0.1, 0.15) is 13.3 Å². The van der Waals surface area contributed by atoms with E-state index >= 15 is 0 Å². The van der Waals surface area contributed by atoms with E-state index in [4.69, 9.17) is 4.74 Å². The van der Waals surface area contributed by atoms with E-state index in [0.717, 1.165) is 0 Å². The molecule has 5 heteroatoms. The van der Waals surface area contributed by atoms with Gasteiger partial charge in [0.25, 0.3) is 5.78 Å². The Bertz CT molecular complexity index is 258. The minimum atomic E-state index is -0.956. The van der Waals surface area contributed by atoms with Gasteiger partial charge in [-0.25, -0.2) is 4.79 Å². The summed E-state index contributed by atoms with van der Waals surface area (Å²) in [5, 5.41) is 0. The Hall–Kier alpha value is -1.23. The van der Waals surface area contributed by atoms with Gasteiger partial charge in [0.2, 0.25) is 0 Å². The van der Waals surface area contributed by atoms with Gasteiger partial charge in [-0.3, -0.25) is 9.59 Å².